The average Bonchev–Trinajstić information content (AvgIpc) is 2.95. The molecule has 0 spiro atoms. The Bertz CT molecular complexity index is 485. The Morgan fingerprint density at radius 3 is 2.95 bits per heavy atom. The maximum atomic E-state index is 12.2. The molecule has 2 rings (SSSR count). The van der Waals surface area contributed by atoms with Gasteiger partial charge in [0.1, 0.15) is 17.3 Å². The Hall–Kier alpha value is -1.69. The lowest BCUT2D eigenvalue weighted by molar-refractivity contribution is 0.0853. The molecule has 1 aromatic rings. The zero-order valence-corrected chi connectivity index (χ0v) is 13.0. The summed E-state index contributed by atoms with van der Waals surface area (Å²) < 4.78 is 5.49. The van der Waals surface area contributed by atoms with Crippen LogP contribution in [0.15, 0.2) is 6.07 Å². The zero-order chi connectivity index (χ0) is 15.2. The van der Waals surface area contributed by atoms with Gasteiger partial charge in [-0.3, -0.25) is 4.79 Å². The highest BCUT2D eigenvalue weighted by Crippen LogP contribution is 2.11. The summed E-state index contributed by atoms with van der Waals surface area (Å²) in [5.74, 6) is 1.62. The summed E-state index contributed by atoms with van der Waals surface area (Å²) in [4.78, 5) is 20.7. The summed E-state index contributed by atoms with van der Waals surface area (Å²) in [5, 5.41) is 6.10. The van der Waals surface area contributed by atoms with Crippen LogP contribution in [0.4, 0.5) is 5.82 Å². The molecule has 0 aliphatic carbocycles. The third kappa shape index (κ3) is 4.97. The fourth-order valence-electron chi connectivity index (χ4n) is 2.19. The first-order valence-electron chi connectivity index (χ1n) is 7.54. The zero-order valence-electron chi connectivity index (χ0n) is 13.0. The van der Waals surface area contributed by atoms with Crippen LogP contribution in [0.2, 0.25) is 0 Å². The number of aryl methyl sites for hydroxylation is 1. The van der Waals surface area contributed by atoms with Gasteiger partial charge in [0.2, 0.25) is 0 Å². The number of amides is 1. The van der Waals surface area contributed by atoms with Gasteiger partial charge < -0.3 is 15.4 Å². The monoisotopic (exact) mass is 292 g/mol. The van der Waals surface area contributed by atoms with Gasteiger partial charge in [-0.2, -0.15) is 0 Å². The second kappa shape index (κ2) is 7.36. The Morgan fingerprint density at radius 1 is 1.48 bits per heavy atom. The molecule has 1 amide bonds. The number of hydrogen-bond acceptors (Lipinski definition) is 5. The molecule has 0 saturated carbocycles. The minimum absolute atomic E-state index is 0.135. The summed E-state index contributed by atoms with van der Waals surface area (Å²) in [6.45, 7) is 8.17. The fourth-order valence-corrected chi connectivity index (χ4v) is 2.19. The van der Waals surface area contributed by atoms with Gasteiger partial charge >= 0.3 is 0 Å². The molecular weight excluding hydrogens is 268 g/mol. The fraction of sp³-hybridized carbons (Fsp3) is 0.667. The number of anilines is 1. The number of nitrogens with zero attached hydrogens (tertiary/aromatic N) is 2. The van der Waals surface area contributed by atoms with Crippen molar-refractivity contribution in [3.05, 3.63) is 17.6 Å². The minimum atomic E-state index is -0.177. The van der Waals surface area contributed by atoms with Crippen molar-refractivity contribution >= 4 is 11.7 Å². The summed E-state index contributed by atoms with van der Waals surface area (Å²) in [7, 11) is 0. The Kier molecular flexibility index (Phi) is 5.50. The maximum absolute atomic E-state index is 12.2. The number of carbonyl (C=O) groups is 1. The molecular formula is C15H24N4O2. The summed E-state index contributed by atoms with van der Waals surface area (Å²) in [5.41, 5.74) is 0.395. The lowest BCUT2D eigenvalue weighted by Gasteiger charge is -2.12. The molecule has 1 saturated heterocycles. The van der Waals surface area contributed by atoms with Crippen molar-refractivity contribution in [2.75, 3.05) is 25.0 Å². The van der Waals surface area contributed by atoms with Crippen molar-refractivity contribution in [3.8, 4) is 0 Å². The number of rotatable bonds is 6. The average molecular weight is 292 g/mol. The Morgan fingerprint density at radius 2 is 2.29 bits per heavy atom. The first-order valence-corrected chi connectivity index (χ1v) is 7.54. The van der Waals surface area contributed by atoms with E-state index < -0.39 is 0 Å². The van der Waals surface area contributed by atoms with Crippen LogP contribution in [-0.2, 0) is 4.74 Å². The van der Waals surface area contributed by atoms with E-state index in [2.05, 4.69) is 34.4 Å². The SMILES string of the molecule is Cc1nc(NCC(C)C)cc(C(=O)NCC2CCCO2)n1. The number of carbonyl (C=O) groups excluding carboxylic acids is 1. The van der Waals surface area contributed by atoms with Crippen LogP contribution >= 0.6 is 0 Å². The van der Waals surface area contributed by atoms with E-state index in [4.69, 9.17) is 4.74 Å². The van der Waals surface area contributed by atoms with Crippen molar-refractivity contribution < 1.29 is 9.53 Å². The van der Waals surface area contributed by atoms with Gasteiger partial charge in [-0.1, -0.05) is 13.8 Å². The normalized spacial score (nSPS) is 18.0. The molecule has 21 heavy (non-hydrogen) atoms. The van der Waals surface area contributed by atoms with Gasteiger partial charge in [0, 0.05) is 25.8 Å². The molecule has 1 fully saturated rings. The Balaban J connectivity index is 1.95. The van der Waals surface area contributed by atoms with E-state index in [0.29, 0.717) is 29.8 Å². The number of nitrogens with one attached hydrogen (secondary N) is 2. The van der Waals surface area contributed by atoms with Crippen molar-refractivity contribution in [1.82, 2.24) is 15.3 Å². The standard InChI is InChI=1S/C15H24N4O2/c1-10(2)8-16-14-7-13(18-11(3)19-14)15(20)17-9-12-5-4-6-21-12/h7,10,12H,4-6,8-9H2,1-3H3,(H,17,20)(H,16,18,19). The molecule has 0 radical (unpaired) electrons. The topological polar surface area (TPSA) is 76.1 Å². The summed E-state index contributed by atoms with van der Waals surface area (Å²) in [6.07, 6.45) is 2.20. The first kappa shape index (κ1) is 15.7. The van der Waals surface area contributed by atoms with E-state index in [-0.39, 0.29) is 12.0 Å². The molecule has 1 aromatic heterocycles. The van der Waals surface area contributed by atoms with Crippen LogP contribution in [-0.4, -0.2) is 41.7 Å². The molecule has 1 atom stereocenters. The maximum Gasteiger partial charge on any atom is 0.270 e. The van der Waals surface area contributed by atoms with Crippen LogP contribution in [0.3, 0.4) is 0 Å². The molecule has 6 nitrogen and oxygen atoms in total. The second-order valence-electron chi connectivity index (χ2n) is 5.81. The van der Waals surface area contributed by atoms with Crippen molar-refractivity contribution in [2.45, 2.75) is 39.7 Å². The molecule has 1 aliphatic heterocycles. The van der Waals surface area contributed by atoms with E-state index >= 15 is 0 Å². The highest BCUT2D eigenvalue weighted by Gasteiger charge is 2.17. The predicted molar refractivity (Wildman–Crippen MR) is 81.4 cm³/mol. The second-order valence-corrected chi connectivity index (χ2v) is 5.81. The van der Waals surface area contributed by atoms with Crippen molar-refractivity contribution in [3.63, 3.8) is 0 Å². The van der Waals surface area contributed by atoms with Gasteiger partial charge in [-0.25, -0.2) is 9.97 Å². The molecule has 6 heteroatoms. The van der Waals surface area contributed by atoms with Crippen LogP contribution < -0.4 is 10.6 Å². The van der Waals surface area contributed by atoms with E-state index in [9.17, 15) is 4.79 Å². The summed E-state index contributed by atoms with van der Waals surface area (Å²) >= 11 is 0. The van der Waals surface area contributed by atoms with E-state index in [1.165, 1.54) is 0 Å². The predicted octanol–water partition coefficient (Wildman–Crippen LogP) is 1.76. The Labute approximate surface area is 125 Å². The largest absolute Gasteiger partial charge is 0.376 e. The van der Waals surface area contributed by atoms with Gasteiger partial charge in [0.15, 0.2) is 0 Å². The van der Waals surface area contributed by atoms with E-state index in [1.54, 1.807) is 13.0 Å². The van der Waals surface area contributed by atoms with Gasteiger partial charge in [-0.05, 0) is 25.7 Å². The molecule has 2 heterocycles. The molecule has 0 bridgehead atoms. The van der Waals surface area contributed by atoms with E-state index in [1.807, 2.05) is 0 Å². The smallest absolute Gasteiger partial charge is 0.270 e. The van der Waals surface area contributed by atoms with Crippen LogP contribution in [0.25, 0.3) is 0 Å². The molecule has 1 aliphatic rings. The first-order chi connectivity index (χ1) is 10.0. The number of hydrogen-bond donors (Lipinski definition) is 2. The molecule has 0 aromatic carbocycles. The van der Waals surface area contributed by atoms with Crippen molar-refractivity contribution in [1.29, 1.82) is 0 Å². The van der Waals surface area contributed by atoms with Gasteiger partial charge in [-0.15, -0.1) is 0 Å². The molecule has 1 unspecified atom stereocenters. The van der Waals surface area contributed by atoms with Crippen LogP contribution in [0.5, 0.6) is 0 Å². The quantitative estimate of drug-likeness (QED) is 0.835. The minimum Gasteiger partial charge on any atom is -0.376 e. The lowest BCUT2D eigenvalue weighted by Crippen LogP contribution is -2.32. The van der Waals surface area contributed by atoms with Crippen LogP contribution in [0, 0.1) is 12.8 Å². The number of ether oxygens (including phenoxy) is 1. The van der Waals surface area contributed by atoms with Gasteiger partial charge in [0.05, 0.1) is 6.10 Å². The number of aromatic nitrogens is 2. The van der Waals surface area contributed by atoms with Crippen LogP contribution in [0.1, 0.15) is 43.0 Å². The van der Waals surface area contributed by atoms with Gasteiger partial charge in [0.25, 0.3) is 5.91 Å². The third-order valence-electron chi connectivity index (χ3n) is 3.28. The van der Waals surface area contributed by atoms with Crippen molar-refractivity contribution in [2.24, 2.45) is 5.92 Å². The van der Waals surface area contributed by atoms with E-state index in [0.717, 1.165) is 26.0 Å². The summed E-state index contributed by atoms with van der Waals surface area (Å²) in [6, 6.07) is 1.69. The molecule has 2 N–H and O–H groups in total. The molecule has 116 valence electrons. The lowest BCUT2D eigenvalue weighted by atomic mass is 10.2. The highest BCUT2D eigenvalue weighted by atomic mass is 16.5. The third-order valence-corrected chi connectivity index (χ3v) is 3.28. The highest BCUT2D eigenvalue weighted by molar-refractivity contribution is 5.92.